The van der Waals surface area contributed by atoms with Crippen LogP contribution in [0, 0.1) is 5.82 Å². The van der Waals surface area contributed by atoms with Gasteiger partial charge >= 0.3 is 0 Å². The summed E-state index contributed by atoms with van der Waals surface area (Å²) in [4.78, 5) is 0. The van der Waals surface area contributed by atoms with Gasteiger partial charge in [-0.05, 0) is 19.4 Å². The van der Waals surface area contributed by atoms with Crippen LogP contribution in [0.1, 0.15) is 32.3 Å². The molecule has 0 heterocycles. The van der Waals surface area contributed by atoms with Crippen molar-refractivity contribution in [2.45, 2.75) is 38.8 Å². The number of nitrogens with one attached hydrogen (secondary N) is 1. The molecule has 0 aliphatic heterocycles. The molecule has 2 N–H and O–H groups in total. The second-order valence-corrected chi connectivity index (χ2v) is 4.81. The Kier molecular flexibility index (Phi) is 5.56. The van der Waals surface area contributed by atoms with Crippen LogP contribution in [0.3, 0.4) is 0 Å². The molecule has 0 aliphatic carbocycles. The summed E-state index contributed by atoms with van der Waals surface area (Å²) >= 11 is 0. The standard InChI is InChI=1S/C14H22FNO2/c1-4-7-14(2,17)10-16-9-11-5-6-12(18-3)8-13(11)15/h5-6,8,16-17H,4,7,9-10H2,1-3H3. The van der Waals surface area contributed by atoms with Crippen LogP contribution in [-0.2, 0) is 6.54 Å². The van der Waals surface area contributed by atoms with E-state index in [1.165, 1.54) is 13.2 Å². The van der Waals surface area contributed by atoms with Gasteiger partial charge in [-0.15, -0.1) is 0 Å². The zero-order chi connectivity index (χ0) is 13.6. The summed E-state index contributed by atoms with van der Waals surface area (Å²) in [5.41, 5.74) is -0.166. The van der Waals surface area contributed by atoms with Crippen molar-refractivity contribution >= 4 is 0 Å². The first-order chi connectivity index (χ1) is 8.48. The van der Waals surface area contributed by atoms with Gasteiger partial charge in [0.15, 0.2) is 0 Å². The van der Waals surface area contributed by atoms with E-state index < -0.39 is 5.60 Å². The summed E-state index contributed by atoms with van der Waals surface area (Å²) in [5.74, 6) is 0.214. The highest BCUT2D eigenvalue weighted by Crippen LogP contribution is 2.16. The van der Waals surface area contributed by atoms with E-state index in [1.807, 2.05) is 6.92 Å². The normalized spacial score (nSPS) is 14.3. The lowest BCUT2D eigenvalue weighted by molar-refractivity contribution is 0.0497. The van der Waals surface area contributed by atoms with Crippen molar-refractivity contribution in [3.63, 3.8) is 0 Å². The molecule has 1 rings (SSSR count). The fourth-order valence-electron chi connectivity index (χ4n) is 1.89. The fraction of sp³-hybridized carbons (Fsp3) is 0.571. The van der Waals surface area contributed by atoms with Gasteiger partial charge in [-0.25, -0.2) is 4.39 Å². The third kappa shape index (κ3) is 4.63. The molecule has 4 heteroatoms. The summed E-state index contributed by atoms with van der Waals surface area (Å²) in [6.45, 7) is 4.66. The van der Waals surface area contributed by atoms with E-state index in [2.05, 4.69) is 5.32 Å². The lowest BCUT2D eigenvalue weighted by atomic mass is 10.0. The molecule has 0 bridgehead atoms. The number of methoxy groups -OCH3 is 1. The van der Waals surface area contributed by atoms with Crippen molar-refractivity contribution < 1.29 is 14.2 Å². The van der Waals surface area contributed by atoms with E-state index in [4.69, 9.17) is 4.74 Å². The van der Waals surface area contributed by atoms with E-state index in [-0.39, 0.29) is 5.82 Å². The van der Waals surface area contributed by atoms with Crippen molar-refractivity contribution in [2.24, 2.45) is 0 Å². The maximum absolute atomic E-state index is 13.6. The summed E-state index contributed by atoms with van der Waals surface area (Å²) in [6.07, 6.45) is 1.65. The summed E-state index contributed by atoms with van der Waals surface area (Å²) in [7, 11) is 1.51. The molecule has 0 saturated heterocycles. The first-order valence-corrected chi connectivity index (χ1v) is 6.24. The number of hydrogen-bond donors (Lipinski definition) is 2. The zero-order valence-corrected chi connectivity index (χ0v) is 11.3. The number of halogens is 1. The Hall–Kier alpha value is -1.13. The zero-order valence-electron chi connectivity index (χ0n) is 11.3. The molecule has 0 fully saturated rings. The Bertz CT molecular complexity index is 380. The number of hydrogen-bond acceptors (Lipinski definition) is 3. The van der Waals surface area contributed by atoms with Crippen molar-refractivity contribution in [1.29, 1.82) is 0 Å². The number of aliphatic hydroxyl groups is 1. The van der Waals surface area contributed by atoms with Gasteiger partial charge in [0, 0.05) is 24.7 Å². The van der Waals surface area contributed by atoms with E-state index >= 15 is 0 Å². The summed E-state index contributed by atoms with van der Waals surface area (Å²) in [6, 6.07) is 4.78. The topological polar surface area (TPSA) is 41.5 Å². The van der Waals surface area contributed by atoms with Crippen LogP contribution < -0.4 is 10.1 Å². The number of benzene rings is 1. The Morgan fingerprint density at radius 2 is 2.17 bits per heavy atom. The molecule has 0 saturated carbocycles. The van der Waals surface area contributed by atoms with E-state index in [9.17, 15) is 9.50 Å². The lowest BCUT2D eigenvalue weighted by Gasteiger charge is -2.23. The first-order valence-electron chi connectivity index (χ1n) is 6.24. The summed E-state index contributed by atoms with van der Waals surface area (Å²) in [5, 5.41) is 13.0. The fourth-order valence-corrected chi connectivity index (χ4v) is 1.89. The van der Waals surface area contributed by atoms with Crippen molar-refractivity contribution in [3.05, 3.63) is 29.6 Å². The minimum absolute atomic E-state index is 0.294. The van der Waals surface area contributed by atoms with Crippen LogP contribution in [0.5, 0.6) is 5.75 Å². The maximum atomic E-state index is 13.6. The van der Waals surface area contributed by atoms with Crippen LogP contribution in [0.15, 0.2) is 18.2 Å². The van der Waals surface area contributed by atoms with Gasteiger partial charge in [-0.1, -0.05) is 19.4 Å². The summed E-state index contributed by atoms with van der Waals surface area (Å²) < 4.78 is 18.6. The van der Waals surface area contributed by atoms with Gasteiger partial charge < -0.3 is 15.2 Å². The molecule has 18 heavy (non-hydrogen) atoms. The molecular weight excluding hydrogens is 233 g/mol. The molecule has 0 spiro atoms. The molecule has 102 valence electrons. The first kappa shape index (κ1) is 14.9. The minimum atomic E-state index is -0.738. The van der Waals surface area contributed by atoms with Gasteiger partial charge in [0.2, 0.25) is 0 Å². The Balaban J connectivity index is 2.49. The van der Waals surface area contributed by atoms with Crippen molar-refractivity contribution in [3.8, 4) is 5.75 Å². The quantitative estimate of drug-likeness (QED) is 0.786. The van der Waals surface area contributed by atoms with Gasteiger partial charge in [-0.2, -0.15) is 0 Å². The molecule has 1 atom stereocenters. The average molecular weight is 255 g/mol. The van der Waals surface area contributed by atoms with Crippen LogP contribution in [0.4, 0.5) is 4.39 Å². The monoisotopic (exact) mass is 255 g/mol. The Morgan fingerprint density at radius 3 is 2.72 bits per heavy atom. The van der Waals surface area contributed by atoms with E-state index in [0.717, 1.165) is 12.8 Å². The second kappa shape index (κ2) is 6.71. The van der Waals surface area contributed by atoms with Crippen molar-refractivity contribution in [2.75, 3.05) is 13.7 Å². The third-order valence-corrected chi connectivity index (χ3v) is 2.87. The number of rotatable bonds is 7. The molecule has 3 nitrogen and oxygen atoms in total. The predicted molar refractivity (Wildman–Crippen MR) is 70.2 cm³/mol. The van der Waals surface area contributed by atoms with Gasteiger partial charge in [-0.3, -0.25) is 0 Å². The molecule has 0 amide bonds. The van der Waals surface area contributed by atoms with Crippen LogP contribution in [-0.4, -0.2) is 24.4 Å². The van der Waals surface area contributed by atoms with Crippen LogP contribution in [0.2, 0.25) is 0 Å². The molecular formula is C14H22FNO2. The highest BCUT2D eigenvalue weighted by atomic mass is 19.1. The van der Waals surface area contributed by atoms with Gasteiger partial charge in [0.25, 0.3) is 0 Å². The molecule has 0 aliphatic rings. The maximum Gasteiger partial charge on any atom is 0.131 e. The molecule has 0 radical (unpaired) electrons. The van der Waals surface area contributed by atoms with E-state index in [0.29, 0.717) is 24.4 Å². The lowest BCUT2D eigenvalue weighted by Crippen LogP contribution is -2.37. The second-order valence-electron chi connectivity index (χ2n) is 4.81. The van der Waals surface area contributed by atoms with Crippen LogP contribution in [0.25, 0.3) is 0 Å². The largest absolute Gasteiger partial charge is 0.497 e. The van der Waals surface area contributed by atoms with E-state index in [1.54, 1.807) is 19.1 Å². The van der Waals surface area contributed by atoms with Gasteiger partial charge in [0.05, 0.1) is 12.7 Å². The highest BCUT2D eigenvalue weighted by Gasteiger charge is 2.18. The molecule has 1 aromatic rings. The van der Waals surface area contributed by atoms with Gasteiger partial charge in [0.1, 0.15) is 11.6 Å². The number of ether oxygens (including phenoxy) is 1. The average Bonchev–Trinajstić information content (AvgIpc) is 2.31. The molecule has 1 aromatic carbocycles. The highest BCUT2D eigenvalue weighted by molar-refractivity contribution is 5.28. The molecule has 1 unspecified atom stereocenters. The minimum Gasteiger partial charge on any atom is -0.497 e. The Labute approximate surface area is 108 Å². The van der Waals surface area contributed by atoms with Crippen molar-refractivity contribution in [1.82, 2.24) is 5.32 Å². The molecule has 0 aromatic heterocycles. The van der Waals surface area contributed by atoms with Crippen LogP contribution >= 0.6 is 0 Å². The SMILES string of the molecule is CCCC(C)(O)CNCc1ccc(OC)cc1F. The Morgan fingerprint density at radius 1 is 1.44 bits per heavy atom. The smallest absolute Gasteiger partial charge is 0.131 e. The predicted octanol–water partition coefficient (Wildman–Crippen LogP) is 2.48. The third-order valence-electron chi connectivity index (χ3n) is 2.87.